The summed E-state index contributed by atoms with van der Waals surface area (Å²) >= 11 is 0. The van der Waals surface area contributed by atoms with Crippen LogP contribution in [0.15, 0.2) is 0 Å². The molecule has 0 saturated heterocycles. The number of carbonyl (C=O) groups excluding carboxylic acids is 1. The molecule has 1 amide bonds. The Kier molecular flexibility index (Phi) is 11.9. The van der Waals surface area contributed by atoms with E-state index < -0.39 is 35.6 Å². The van der Waals surface area contributed by atoms with Crippen molar-refractivity contribution < 1.29 is 29.3 Å². The zero-order valence-corrected chi connectivity index (χ0v) is 16.3. The van der Waals surface area contributed by atoms with E-state index in [2.05, 4.69) is 5.32 Å². The number of ether oxygens (including phenoxy) is 1. The Bertz CT molecular complexity index is 431. The van der Waals surface area contributed by atoms with Crippen LogP contribution >= 0.6 is 0 Å². The number of carboxylic acid groups (broad SMARTS) is 2. The first kappa shape index (κ1) is 25.4. The van der Waals surface area contributed by atoms with Crippen LogP contribution in [0.1, 0.15) is 61.3 Å². The molecule has 0 bridgehead atoms. The van der Waals surface area contributed by atoms with Crippen LogP contribution in [0.3, 0.4) is 0 Å². The first-order valence-corrected chi connectivity index (χ1v) is 8.47. The summed E-state index contributed by atoms with van der Waals surface area (Å²) in [7, 11) is 0. The Morgan fingerprint density at radius 3 is 1.60 bits per heavy atom. The summed E-state index contributed by atoms with van der Waals surface area (Å²) in [5, 5.41) is 19.9. The fourth-order valence-corrected chi connectivity index (χ4v) is 2.11. The molecule has 0 saturated carbocycles. The van der Waals surface area contributed by atoms with Crippen LogP contribution in [0.5, 0.6) is 0 Å². The fourth-order valence-electron chi connectivity index (χ4n) is 2.11. The van der Waals surface area contributed by atoms with Gasteiger partial charge in [0.1, 0.15) is 5.60 Å². The average molecular weight is 362 g/mol. The van der Waals surface area contributed by atoms with Crippen LogP contribution in [0.2, 0.25) is 0 Å². The zero-order chi connectivity index (χ0) is 20.4. The predicted molar refractivity (Wildman–Crippen MR) is 95.3 cm³/mol. The number of hydrogen-bond donors (Lipinski definition) is 4. The number of carboxylic acids is 2. The number of alkyl carbamates (subject to hydrolysis) is 1. The van der Waals surface area contributed by atoms with E-state index in [-0.39, 0.29) is 12.0 Å². The summed E-state index contributed by atoms with van der Waals surface area (Å²) in [6.07, 6.45) is 0.485. The van der Waals surface area contributed by atoms with Gasteiger partial charge >= 0.3 is 18.0 Å². The number of aliphatic carboxylic acids is 2. The van der Waals surface area contributed by atoms with E-state index in [9.17, 15) is 14.4 Å². The van der Waals surface area contributed by atoms with Crippen molar-refractivity contribution in [2.24, 2.45) is 17.6 Å². The van der Waals surface area contributed by atoms with Crippen molar-refractivity contribution in [1.29, 1.82) is 0 Å². The van der Waals surface area contributed by atoms with Gasteiger partial charge in [0, 0.05) is 12.1 Å². The van der Waals surface area contributed by atoms with E-state index in [1.807, 2.05) is 6.92 Å². The van der Waals surface area contributed by atoms with E-state index in [0.717, 1.165) is 0 Å². The molecule has 0 unspecified atom stereocenters. The molecule has 8 heteroatoms. The van der Waals surface area contributed by atoms with Crippen LogP contribution in [0, 0.1) is 11.8 Å². The standard InChI is InChI=1S/C11H21NO4.C6H13NO2/c1-6-8(9(13)14)7(2)12-10(15)16-11(3,4)5;1-3-5(4(2)7)6(8)9/h7-8H,6H2,1-5H3,(H,12,15)(H,13,14);4-5H,3,7H2,1-2H3,(H,8,9)/t7-,8-;4-,5-/m11/s1. The topological polar surface area (TPSA) is 139 Å². The molecule has 0 radical (unpaired) electrons. The van der Waals surface area contributed by atoms with E-state index >= 15 is 0 Å². The molecule has 0 fully saturated rings. The molecule has 0 aromatic carbocycles. The molecule has 0 aromatic heterocycles. The first-order chi connectivity index (χ1) is 11.3. The van der Waals surface area contributed by atoms with E-state index in [4.69, 9.17) is 20.7 Å². The highest BCUT2D eigenvalue weighted by atomic mass is 16.6. The highest BCUT2D eigenvalue weighted by Gasteiger charge is 2.26. The maximum absolute atomic E-state index is 11.4. The van der Waals surface area contributed by atoms with Gasteiger partial charge in [0.05, 0.1) is 11.8 Å². The number of nitrogens with one attached hydrogen (secondary N) is 1. The third-order valence-electron chi connectivity index (χ3n) is 3.50. The molecule has 8 nitrogen and oxygen atoms in total. The molecular formula is C17H34N2O6. The second-order valence-electron chi connectivity index (χ2n) is 7.00. The minimum Gasteiger partial charge on any atom is -0.481 e. The fraction of sp³-hybridized carbons (Fsp3) is 0.824. The minimum atomic E-state index is -0.911. The summed E-state index contributed by atoms with van der Waals surface area (Å²) in [4.78, 5) is 32.5. The average Bonchev–Trinajstić information content (AvgIpc) is 2.36. The van der Waals surface area contributed by atoms with Crippen molar-refractivity contribution in [3.05, 3.63) is 0 Å². The normalized spacial score (nSPS) is 15.7. The maximum Gasteiger partial charge on any atom is 0.407 e. The summed E-state index contributed by atoms with van der Waals surface area (Å²) in [6, 6.07) is -0.690. The SMILES string of the molecule is CC[C@@H](C(=O)O)[C@@H](C)N.CC[C@@H](C(=O)O)[C@@H](C)NC(=O)OC(C)(C)C. The van der Waals surface area contributed by atoms with Gasteiger partial charge in [-0.05, 0) is 47.5 Å². The highest BCUT2D eigenvalue weighted by Crippen LogP contribution is 2.11. The van der Waals surface area contributed by atoms with E-state index in [1.54, 1.807) is 41.5 Å². The molecule has 0 aliphatic heterocycles. The van der Waals surface area contributed by atoms with Gasteiger partial charge in [0.25, 0.3) is 0 Å². The molecule has 0 rings (SSSR count). The Hall–Kier alpha value is -1.83. The van der Waals surface area contributed by atoms with Gasteiger partial charge in [-0.25, -0.2) is 4.79 Å². The van der Waals surface area contributed by atoms with E-state index in [0.29, 0.717) is 12.8 Å². The molecular weight excluding hydrogens is 328 g/mol. The lowest BCUT2D eigenvalue weighted by Crippen LogP contribution is -2.43. The smallest absolute Gasteiger partial charge is 0.407 e. The molecule has 25 heavy (non-hydrogen) atoms. The Labute approximate surface area is 150 Å². The third kappa shape index (κ3) is 12.2. The summed E-state index contributed by atoms with van der Waals surface area (Å²) in [6.45, 7) is 12.2. The lowest BCUT2D eigenvalue weighted by atomic mass is 9.99. The summed E-state index contributed by atoms with van der Waals surface area (Å²) in [5.74, 6) is -2.68. The lowest BCUT2D eigenvalue weighted by Gasteiger charge is -2.24. The highest BCUT2D eigenvalue weighted by molar-refractivity contribution is 5.73. The summed E-state index contributed by atoms with van der Waals surface area (Å²) in [5.41, 5.74) is 4.79. The molecule has 0 aromatic rings. The number of rotatable bonds is 7. The largest absolute Gasteiger partial charge is 0.481 e. The molecule has 0 spiro atoms. The van der Waals surface area contributed by atoms with Crippen LogP contribution in [-0.4, -0.2) is 45.9 Å². The van der Waals surface area contributed by atoms with Gasteiger partial charge < -0.3 is 26.0 Å². The van der Waals surface area contributed by atoms with Crippen molar-refractivity contribution in [3.63, 3.8) is 0 Å². The second-order valence-corrected chi connectivity index (χ2v) is 7.00. The number of amides is 1. The van der Waals surface area contributed by atoms with Crippen molar-refractivity contribution in [2.75, 3.05) is 0 Å². The second kappa shape index (κ2) is 11.7. The van der Waals surface area contributed by atoms with Gasteiger partial charge in [-0.15, -0.1) is 0 Å². The van der Waals surface area contributed by atoms with Gasteiger partial charge in [0.2, 0.25) is 0 Å². The minimum absolute atomic E-state index is 0.243. The number of hydrogen-bond acceptors (Lipinski definition) is 5. The Morgan fingerprint density at radius 1 is 1.00 bits per heavy atom. The van der Waals surface area contributed by atoms with Crippen LogP contribution in [0.4, 0.5) is 4.79 Å². The molecule has 0 heterocycles. The zero-order valence-electron chi connectivity index (χ0n) is 16.3. The van der Waals surface area contributed by atoms with Gasteiger partial charge in [-0.1, -0.05) is 13.8 Å². The number of carbonyl (C=O) groups is 3. The van der Waals surface area contributed by atoms with Crippen molar-refractivity contribution in [3.8, 4) is 0 Å². The van der Waals surface area contributed by atoms with Crippen molar-refractivity contribution in [2.45, 2.75) is 79.0 Å². The van der Waals surface area contributed by atoms with Gasteiger partial charge in [0.15, 0.2) is 0 Å². The van der Waals surface area contributed by atoms with Crippen LogP contribution in [-0.2, 0) is 14.3 Å². The quantitative estimate of drug-likeness (QED) is 0.545. The van der Waals surface area contributed by atoms with Crippen molar-refractivity contribution in [1.82, 2.24) is 5.32 Å². The first-order valence-electron chi connectivity index (χ1n) is 8.47. The molecule has 5 N–H and O–H groups in total. The third-order valence-corrected chi connectivity index (χ3v) is 3.50. The molecule has 0 aliphatic carbocycles. The van der Waals surface area contributed by atoms with E-state index in [1.165, 1.54) is 0 Å². The molecule has 0 aliphatic rings. The Balaban J connectivity index is 0. The molecule has 148 valence electrons. The van der Waals surface area contributed by atoms with Crippen LogP contribution < -0.4 is 11.1 Å². The van der Waals surface area contributed by atoms with Gasteiger partial charge in [-0.3, -0.25) is 9.59 Å². The Morgan fingerprint density at radius 2 is 1.40 bits per heavy atom. The van der Waals surface area contributed by atoms with Crippen LogP contribution in [0.25, 0.3) is 0 Å². The summed E-state index contributed by atoms with van der Waals surface area (Å²) < 4.78 is 5.04. The maximum atomic E-state index is 11.4. The van der Waals surface area contributed by atoms with Crippen molar-refractivity contribution >= 4 is 18.0 Å². The molecule has 4 atom stereocenters. The predicted octanol–water partition coefficient (Wildman–Crippen LogP) is 2.45. The number of nitrogens with two attached hydrogens (primary N) is 1. The van der Waals surface area contributed by atoms with Gasteiger partial charge in [-0.2, -0.15) is 0 Å². The lowest BCUT2D eigenvalue weighted by molar-refractivity contribution is -0.143. The monoisotopic (exact) mass is 362 g/mol.